The summed E-state index contributed by atoms with van der Waals surface area (Å²) in [6, 6.07) is 0. The van der Waals surface area contributed by atoms with E-state index in [9.17, 15) is 40.5 Å². The third kappa shape index (κ3) is 5.94. The molecule has 2 heterocycles. The number of allylic oxidation sites excluding steroid dienone is 2. The summed E-state index contributed by atoms with van der Waals surface area (Å²) in [5, 5.41) is 73.3. The zero-order chi connectivity index (χ0) is 38.7. The van der Waals surface area contributed by atoms with E-state index in [0.717, 1.165) is 64.2 Å². The van der Waals surface area contributed by atoms with E-state index >= 15 is 0 Å². The minimum atomic E-state index is -1.69. The van der Waals surface area contributed by atoms with Crippen molar-refractivity contribution in [3.63, 3.8) is 0 Å². The fourth-order valence-corrected chi connectivity index (χ4v) is 13.4. The van der Waals surface area contributed by atoms with Gasteiger partial charge in [-0.15, -0.1) is 0 Å². The molecule has 17 atom stereocenters. The Kier molecular flexibility index (Phi) is 10.2. The molecule has 0 bridgehead atoms. The number of carboxylic acid groups (broad SMARTS) is 1. The predicted molar refractivity (Wildman–Crippen MR) is 192 cm³/mol. The predicted octanol–water partition coefficient (Wildman–Crippen LogP) is 3.52. The number of carbonyl (C=O) groups is 1. The number of carboxylic acids is 1. The molecule has 12 heteroatoms. The lowest BCUT2D eigenvalue weighted by molar-refractivity contribution is -0.367. The summed E-state index contributed by atoms with van der Waals surface area (Å²) in [5.74, 6) is 0.147. The number of aliphatic carboxylic acids is 1. The van der Waals surface area contributed by atoms with Gasteiger partial charge in [-0.05, 0) is 109 Å². The van der Waals surface area contributed by atoms with Gasteiger partial charge in [-0.3, -0.25) is 4.79 Å². The number of fused-ring (bicyclic) bond motifs is 7. The molecule has 6 fully saturated rings. The smallest absolute Gasteiger partial charge is 0.310 e. The van der Waals surface area contributed by atoms with Crippen LogP contribution in [0.25, 0.3) is 0 Å². The van der Waals surface area contributed by atoms with Gasteiger partial charge in [0, 0.05) is 0 Å². The zero-order valence-corrected chi connectivity index (χ0v) is 32.7. The molecule has 53 heavy (non-hydrogen) atoms. The average Bonchev–Trinajstić information content (AvgIpc) is 3.08. The van der Waals surface area contributed by atoms with Crippen molar-refractivity contribution in [2.45, 2.75) is 174 Å². The van der Waals surface area contributed by atoms with Crippen molar-refractivity contribution >= 4 is 5.97 Å². The molecule has 7 rings (SSSR count). The quantitative estimate of drug-likeness (QED) is 0.155. The van der Waals surface area contributed by atoms with Crippen molar-refractivity contribution < 1.29 is 59.5 Å². The molecular formula is C41H66O12. The van der Waals surface area contributed by atoms with Crippen LogP contribution >= 0.6 is 0 Å². The van der Waals surface area contributed by atoms with E-state index in [2.05, 4.69) is 54.5 Å². The first-order chi connectivity index (χ1) is 24.7. The molecule has 0 aromatic rings. The maximum Gasteiger partial charge on any atom is 0.310 e. The van der Waals surface area contributed by atoms with Gasteiger partial charge >= 0.3 is 5.97 Å². The molecule has 0 spiro atoms. The zero-order valence-electron chi connectivity index (χ0n) is 32.7. The summed E-state index contributed by atoms with van der Waals surface area (Å²) < 4.78 is 24.3. The first kappa shape index (κ1) is 40.0. The third-order valence-corrected chi connectivity index (χ3v) is 16.9. The van der Waals surface area contributed by atoms with E-state index in [0.29, 0.717) is 11.8 Å². The molecule has 0 aromatic heterocycles. The summed E-state index contributed by atoms with van der Waals surface area (Å²) in [7, 11) is 0. The van der Waals surface area contributed by atoms with Crippen LogP contribution in [0, 0.1) is 50.2 Å². The second-order valence-corrected chi connectivity index (χ2v) is 20.2. The summed E-state index contributed by atoms with van der Waals surface area (Å²) in [6.07, 6.45) is -1.79. The first-order valence-corrected chi connectivity index (χ1v) is 20.2. The SMILES string of the molecule is CC1(C)CCC2(C(=O)O)CC[C@]3(C)C(=CC[C@@H]4[C@@]5(C)CC[C@H](O[C@@H]6OC[C@@H](O)[C@H](O)[C@H]6O[C@@H]6O[C@H](CO)[C@@H](O)[C@H](O)[C@H]6O)C(C)(C)[C@@H]5CC[C@]43C)C2C1. The minimum Gasteiger partial charge on any atom is -0.481 e. The molecule has 5 aliphatic carbocycles. The second-order valence-electron chi connectivity index (χ2n) is 20.2. The number of hydrogen-bond acceptors (Lipinski definition) is 11. The molecule has 2 aliphatic heterocycles. The van der Waals surface area contributed by atoms with Crippen LogP contribution < -0.4 is 0 Å². The van der Waals surface area contributed by atoms with Gasteiger partial charge in [0.15, 0.2) is 12.6 Å². The van der Waals surface area contributed by atoms with Gasteiger partial charge in [-0.1, -0.05) is 60.1 Å². The lowest BCUT2D eigenvalue weighted by Crippen LogP contribution is -2.66. The number of hydrogen-bond donors (Lipinski definition) is 7. The Labute approximate surface area is 314 Å². The first-order valence-electron chi connectivity index (χ1n) is 20.2. The van der Waals surface area contributed by atoms with Crippen molar-refractivity contribution in [1.82, 2.24) is 0 Å². The number of rotatable bonds is 6. The molecule has 0 radical (unpaired) electrons. The van der Waals surface area contributed by atoms with Gasteiger partial charge in [-0.25, -0.2) is 0 Å². The second kappa shape index (κ2) is 13.5. The molecule has 4 saturated carbocycles. The highest BCUT2D eigenvalue weighted by atomic mass is 16.8. The standard InChI is InChI=1S/C41H66O12/c1-36(2)14-16-41(35(48)49)17-15-39(6)21(22(41)18-36)8-9-26-38(5)12-11-27(37(3,4)25(38)10-13-40(26,39)7)52-34-32(28(44)23(43)20-50-34)53-33-31(47)30(46)29(45)24(19-42)51-33/h8,22-34,42-47H,9-20H2,1-7H3,(H,48,49)/t22?,23-,24-,25+,26-,27+,28+,29-,30+,31-,32-,33+,34+,38+,39-,40-,41?/m1/s1. The van der Waals surface area contributed by atoms with Crippen LogP contribution in [0.4, 0.5) is 0 Å². The van der Waals surface area contributed by atoms with Gasteiger partial charge in [-0.2, -0.15) is 0 Å². The molecule has 2 saturated heterocycles. The Morgan fingerprint density at radius 1 is 0.811 bits per heavy atom. The van der Waals surface area contributed by atoms with Crippen molar-refractivity contribution in [1.29, 1.82) is 0 Å². The Morgan fingerprint density at radius 2 is 1.51 bits per heavy atom. The summed E-state index contributed by atoms with van der Waals surface area (Å²) in [5.41, 5.74) is 0.450. The van der Waals surface area contributed by atoms with Crippen LogP contribution in [0.15, 0.2) is 11.6 Å². The molecule has 7 N–H and O–H groups in total. The van der Waals surface area contributed by atoms with Crippen molar-refractivity contribution in [2.24, 2.45) is 50.2 Å². The maximum absolute atomic E-state index is 13.0. The van der Waals surface area contributed by atoms with Gasteiger partial charge < -0.3 is 54.7 Å². The van der Waals surface area contributed by atoms with Crippen LogP contribution in [0.2, 0.25) is 0 Å². The van der Waals surface area contributed by atoms with Gasteiger partial charge in [0.1, 0.15) is 42.7 Å². The molecule has 302 valence electrons. The van der Waals surface area contributed by atoms with Crippen LogP contribution in [0.3, 0.4) is 0 Å². The molecule has 2 unspecified atom stereocenters. The van der Waals surface area contributed by atoms with Crippen LogP contribution in [0.1, 0.15) is 113 Å². The van der Waals surface area contributed by atoms with Crippen LogP contribution in [-0.2, 0) is 23.7 Å². The highest BCUT2D eigenvalue weighted by Crippen LogP contribution is 2.76. The summed E-state index contributed by atoms with van der Waals surface area (Å²) in [6.45, 7) is 15.7. The van der Waals surface area contributed by atoms with E-state index in [1.807, 2.05) is 0 Å². The normalized spacial score (nSPS) is 53.3. The number of aliphatic hydroxyl groups excluding tert-OH is 6. The van der Waals surface area contributed by atoms with Gasteiger partial charge in [0.05, 0.1) is 24.7 Å². The Hall–Kier alpha value is -1.19. The van der Waals surface area contributed by atoms with E-state index in [1.165, 1.54) is 5.57 Å². The summed E-state index contributed by atoms with van der Waals surface area (Å²) in [4.78, 5) is 13.0. The van der Waals surface area contributed by atoms with Gasteiger partial charge in [0.25, 0.3) is 0 Å². The van der Waals surface area contributed by atoms with Crippen LogP contribution in [0.5, 0.6) is 0 Å². The summed E-state index contributed by atoms with van der Waals surface area (Å²) >= 11 is 0. The van der Waals surface area contributed by atoms with Crippen molar-refractivity contribution in [3.8, 4) is 0 Å². The number of ether oxygens (including phenoxy) is 4. The minimum absolute atomic E-state index is 0.00935. The highest BCUT2D eigenvalue weighted by molar-refractivity contribution is 5.76. The van der Waals surface area contributed by atoms with Crippen molar-refractivity contribution in [2.75, 3.05) is 13.2 Å². The van der Waals surface area contributed by atoms with Gasteiger partial charge in [0.2, 0.25) is 0 Å². The Morgan fingerprint density at radius 3 is 2.19 bits per heavy atom. The van der Waals surface area contributed by atoms with Crippen molar-refractivity contribution in [3.05, 3.63) is 11.6 Å². The topological polar surface area (TPSA) is 196 Å². The Bertz CT molecular complexity index is 1430. The van der Waals surface area contributed by atoms with E-state index in [4.69, 9.17) is 18.9 Å². The third-order valence-electron chi connectivity index (χ3n) is 16.9. The highest BCUT2D eigenvalue weighted by Gasteiger charge is 2.69. The fraction of sp³-hybridized carbons (Fsp3) is 0.927. The largest absolute Gasteiger partial charge is 0.481 e. The molecule has 0 aromatic carbocycles. The molecule has 0 amide bonds. The maximum atomic E-state index is 13.0. The fourth-order valence-electron chi connectivity index (χ4n) is 13.4. The monoisotopic (exact) mass is 750 g/mol. The molecular weight excluding hydrogens is 684 g/mol. The Balaban J connectivity index is 1.13. The lowest BCUT2D eigenvalue weighted by atomic mass is 9.33. The van der Waals surface area contributed by atoms with E-state index < -0.39 is 73.3 Å². The molecule has 7 aliphatic rings. The average molecular weight is 751 g/mol. The van der Waals surface area contributed by atoms with E-state index in [-0.39, 0.29) is 45.7 Å². The number of aliphatic hydroxyl groups is 6. The lowest BCUT2D eigenvalue weighted by Gasteiger charge is -2.71. The van der Waals surface area contributed by atoms with E-state index in [1.54, 1.807) is 0 Å². The van der Waals surface area contributed by atoms with Crippen LogP contribution in [-0.4, -0.2) is 116 Å². The molecule has 12 nitrogen and oxygen atoms in total.